The third kappa shape index (κ3) is 3.45. The van der Waals surface area contributed by atoms with E-state index in [4.69, 9.17) is 9.47 Å². The van der Waals surface area contributed by atoms with E-state index < -0.39 is 18.0 Å². The van der Waals surface area contributed by atoms with Gasteiger partial charge in [-0.3, -0.25) is 4.79 Å². The van der Waals surface area contributed by atoms with Gasteiger partial charge in [-0.25, -0.2) is 4.79 Å². The zero-order valence-corrected chi connectivity index (χ0v) is 7.33. The van der Waals surface area contributed by atoms with Crippen molar-refractivity contribution in [1.29, 1.82) is 0 Å². The standard InChI is InChI=1S/C7H12O5/c1-10-6(11-2)4-5(8)7(9)12-3/h6H,4H2,1-3H3. The van der Waals surface area contributed by atoms with Crippen molar-refractivity contribution in [1.82, 2.24) is 0 Å². The van der Waals surface area contributed by atoms with Gasteiger partial charge in [-0.1, -0.05) is 0 Å². The minimum Gasteiger partial charge on any atom is -0.463 e. The summed E-state index contributed by atoms with van der Waals surface area (Å²) in [5.41, 5.74) is 0. The smallest absolute Gasteiger partial charge is 0.374 e. The van der Waals surface area contributed by atoms with Crippen molar-refractivity contribution in [2.45, 2.75) is 12.7 Å². The molecular weight excluding hydrogens is 164 g/mol. The number of carbonyl (C=O) groups excluding carboxylic acids is 2. The molecule has 0 saturated carbocycles. The van der Waals surface area contributed by atoms with Crippen molar-refractivity contribution in [3.05, 3.63) is 0 Å². The van der Waals surface area contributed by atoms with Crippen LogP contribution in [0.4, 0.5) is 0 Å². The second-order valence-electron chi connectivity index (χ2n) is 2.02. The summed E-state index contributed by atoms with van der Waals surface area (Å²) in [6.07, 6.45) is -0.809. The quantitative estimate of drug-likeness (QED) is 0.328. The molecule has 5 heteroatoms. The minimum atomic E-state index is -0.880. The maximum atomic E-state index is 10.9. The summed E-state index contributed by atoms with van der Waals surface area (Å²) in [5.74, 6) is -1.54. The van der Waals surface area contributed by atoms with E-state index in [1.54, 1.807) is 0 Å². The lowest BCUT2D eigenvalue weighted by Gasteiger charge is -2.10. The predicted molar refractivity (Wildman–Crippen MR) is 39.4 cm³/mol. The summed E-state index contributed by atoms with van der Waals surface area (Å²) in [6, 6.07) is 0. The lowest BCUT2D eigenvalue weighted by atomic mass is 10.3. The lowest BCUT2D eigenvalue weighted by molar-refractivity contribution is -0.158. The minimum absolute atomic E-state index is 0.125. The number of hydrogen-bond acceptors (Lipinski definition) is 5. The topological polar surface area (TPSA) is 61.8 Å². The molecule has 0 aliphatic carbocycles. The summed E-state index contributed by atoms with van der Waals surface area (Å²) >= 11 is 0. The first-order chi connectivity index (χ1) is 5.65. The van der Waals surface area contributed by atoms with Crippen molar-refractivity contribution in [3.63, 3.8) is 0 Å². The number of esters is 1. The predicted octanol–water partition coefficient (Wildman–Crippen LogP) is -0.263. The average molecular weight is 176 g/mol. The Morgan fingerprint density at radius 2 is 1.67 bits per heavy atom. The van der Waals surface area contributed by atoms with E-state index in [0.717, 1.165) is 7.11 Å². The number of methoxy groups -OCH3 is 3. The van der Waals surface area contributed by atoms with Crippen LogP contribution in [0.15, 0.2) is 0 Å². The molecule has 0 aliphatic heterocycles. The molecule has 0 aromatic heterocycles. The van der Waals surface area contributed by atoms with E-state index in [1.807, 2.05) is 0 Å². The van der Waals surface area contributed by atoms with E-state index in [2.05, 4.69) is 4.74 Å². The molecule has 0 aliphatic rings. The fraction of sp³-hybridized carbons (Fsp3) is 0.714. The maximum absolute atomic E-state index is 10.9. The summed E-state index contributed by atoms with van der Waals surface area (Å²) in [6.45, 7) is 0. The van der Waals surface area contributed by atoms with Crippen LogP contribution in [-0.4, -0.2) is 39.4 Å². The van der Waals surface area contributed by atoms with Crippen LogP contribution in [0.5, 0.6) is 0 Å². The zero-order chi connectivity index (χ0) is 9.56. The number of ether oxygens (including phenoxy) is 3. The molecule has 70 valence electrons. The van der Waals surface area contributed by atoms with Crippen molar-refractivity contribution < 1.29 is 23.8 Å². The van der Waals surface area contributed by atoms with Gasteiger partial charge in [0.2, 0.25) is 5.78 Å². The number of Topliss-reactive ketones (excluding diaryl/α,β-unsaturated/α-hetero) is 1. The molecule has 0 rings (SSSR count). The van der Waals surface area contributed by atoms with E-state index in [0.29, 0.717) is 0 Å². The highest BCUT2D eigenvalue weighted by Crippen LogP contribution is 1.99. The first-order valence-electron chi connectivity index (χ1n) is 3.32. The average Bonchev–Trinajstić information content (AvgIpc) is 2.12. The summed E-state index contributed by atoms with van der Waals surface area (Å²) in [4.78, 5) is 21.5. The Kier molecular flexibility index (Phi) is 5.23. The van der Waals surface area contributed by atoms with Crippen LogP contribution >= 0.6 is 0 Å². The number of hydrogen-bond donors (Lipinski definition) is 0. The maximum Gasteiger partial charge on any atom is 0.374 e. The highest BCUT2D eigenvalue weighted by Gasteiger charge is 2.19. The first-order valence-corrected chi connectivity index (χ1v) is 3.32. The van der Waals surface area contributed by atoms with Gasteiger partial charge in [0.05, 0.1) is 13.5 Å². The molecule has 0 N–H and O–H groups in total. The summed E-state index contributed by atoms with van der Waals surface area (Å²) in [7, 11) is 3.92. The van der Waals surface area contributed by atoms with E-state index in [1.165, 1.54) is 14.2 Å². The monoisotopic (exact) mass is 176 g/mol. The van der Waals surface area contributed by atoms with Crippen LogP contribution < -0.4 is 0 Å². The Bertz CT molecular complexity index is 161. The Hall–Kier alpha value is -0.940. The van der Waals surface area contributed by atoms with Crippen LogP contribution in [-0.2, 0) is 23.8 Å². The highest BCUT2D eigenvalue weighted by molar-refractivity contribution is 6.33. The van der Waals surface area contributed by atoms with Crippen molar-refractivity contribution >= 4 is 11.8 Å². The van der Waals surface area contributed by atoms with E-state index >= 15 is 0 Å². The van der Waals surface area contributed by atoms with Gasteiger partial charge >= 0.3 is 5.97 Å². The second-order valence-corrected chi connectivity index (χ2v) is 2.02. The van der Waals surface area contributed by atoms with Crippen LogP contribution in [0.1, 0.15) is 6.42 Å². The van der Waals surface area contributed by atoms with Crippen molar-refractivity contribution in [2.24, 2.45) is 0 Å². The van der Waals surface area contributed by atoms with Crippen molar-refractivity contribution in [3.8, 4) is 0 Å². The highest BCUT2D eigenvalue weighted by atomic mass is 16.7. The fourth-order valence-electron chi connectivity index (χ4n) is 0.611. The molecule has 0 atom stereocenters. The molecule has 0 saturated heterocycles. The van der Waals surface area contributed by atoms with Gasteiger partial charge in [-0.2, -0.15) is 0 Å². The molecule has 0 fully saturated rings. The molecule has 0 unspecified atom stereocenters. The molecule has 0 radical (unpaired) electrons. The molecule has 0 heterocycles. The van der Waals surface area contributed by atoms with Gasteiger partial charge in [0.25, 0.3) is 0 Å². The van der Waals surface area contributed by atoms with Gasteiger partial charge < -0.3 is 14.2 Å². The molecule has 0 amide bonds. The third-order valence-corrected chi connectivity index (χ3v) is 1.29. The Labute approximate surface area is 70.6 Å². The fourth-order valence-corrected chi connectivity index (χ4v) is 0.611. The molecule has 0 aromatic carbocycles. The third-order valence-electron chi connectivity index (χ3n) is 1.29. The van der Waals surface area contributed by atoms with Gasteiger partial charge in [0, 0.05) is 14.2 Å². The summed E-state index contributed by atoms with van der Waals surface area (Å²) < 4.78 is 13.6. The molecular formula is C7H12O5. The van der Waals surface area contributed by atoms with Gasteiger partial charge in [0.1, 0.15) is 0 Å². The van der Waals surface area contributed by atoms with Crippen LogP contribution in [0, 0.1) is 0 Å². The second kappa shape index (κ2) is 5.68. The van der Waals surface area contributed by atoms with Crippen LogP contribution in [0.2, 0.25) is 0 Å². The lowest BCUT2D eigenvalue weighted by Crippen LogP contribution is -2.24. The molecule has 0 spiro atoms. The number of carbonyl (C=O) groups is 2. The SMILES string of the molecule is COC(=O)C(=O)CC(OC)OC. The number of ketones is 1. The molecule has 12 heavy (non-hydrogen) atoms. The van der Waals surface area contributed by atoms with Crippen molar-refractivity contribution in [2.75, 3.05) is 21.3 Å². The summed E-state index contributed by atoms with van der Waals surface area (Å²) in [5, 5.41) is 0. The molecule has 0 bridgehead atoms. The van der Waals surface area contributed by atoms with Gasteiger partial charge in [-0.15, -0.1) is 0 Å². The van der Waals surface area contributed by atoms with Gasteiger partial charge in [-0.05, 0) is 0 Å². The normalized spacial score (nSPS) is 10.0. The zero-order valence-electron chi connectivity index (χ0n) is 7.33. The van der Waals surface area contributed by atoms with Crippen LogP contribution in [0.25, 0.3) is 0 Å². The molecule has 5 nitrogen and oxygen atoms in total. The largest absolute Gasteiger partial charge is 0.463 e. The first kappa shape index (κ1) is 11.1. The molecule has 0 aromatic rings. The Morgan fingerprint density at radius 3 is 2.00 bits per heavy atom. The van der Waals surface area contributed by atoms with E-state index in [9.17, 15) is 9.59 Å². The van der Waals surface area contributed by atoms with E-state index in [-0.39, 0.29) is 6.42 Å². The van der Waals surface area contributed by atoms with Crippen LogP contribution in [0.3, 0.4) is 0 Å². The van der Waals surface area contributed by atoms with Gasteiger partial charge in [0.15, 0.2) is 6.29 Å². The Balaban J connectivity index is 3.89. The Morgan fingerprint density at radius 1 is 1.17 bits per heavy atom. The number of rotatable bonds is 5.